The molecule has 4 heterocycles. The third-order valence-electron chi connectivity index (χ3n) is 16.4. The lowest BCUT2D eigenvalue weighted by molar-refractivity contribution is 0.669. The van der Waals surface area contributed by atoms with Gasteiger partial charge in [0.15, 0.2) is 5.82 Å². The van der Waals surface area contributed by atoms with Crippen LogP contribution in [0, 0.1) is 6.57 Å². The van der Waals surface area contributed by atoms with E-state index in [2.05, 4.69) is 258 Å². The van der Waals surface area contributed by atoms with Crippen molar-refractivity contribution in [1.82, 2.24) is 19.1 Å². The van der Waals surface area contributed by atoms with Gasteiger partial charge in [-0.25, -0.2) is 14.8 Å². The van der Waals surface area contributed by atoms with E-state index in [1.54, 1.807) is 0 Å². The van der Waals surface area contributed by atoms with Crippen molar-refractivity contribution in [1.29, 1.82) is 0 Å². The van der Waals surface area contributed by atoms with Gasteiger partial charge in [0.05, 0.1) is 57.0 Å². The monoisotopic (exact) mass is 1060 g/mol. The highest BCUT2D eigenvalue weighted by Gasteiger charge is 2.29. The molecule has 0 saturated carbocycles. The number of hydrogen-bond acceptors (Lipinski definition) is 3. The number of aromatic nitrogens is 4. The number of nitrogens with zero attached hydrogens (tertiary/aromatic N) is 5. The molecule has 0 aliphatic heterocycles. The highest BCUT2D eigenvalue weighted by atomic mass is 16.3. The number of rotatable bonds is 9. The number of hydrogen-bond donors (Lipinski definition) is 0. The Labute approximate surface area is 478 Å². The van der Waals surface area contributed by atoms with Crippen LogP contribution in [0.4, 0.5) is 5.69 Å². The van der Waals surface area contributed by atoms with Crippen molar-refractivity contribution >= 4 is 71.2 Å². The van der Waals surface area contributed by atoms with Crippen LogP contribution in [-0.4, -0.2) is 19.1 Å². The van der Waals surface area contributed by atoms with Crippen LogP contribution in [-0.2, 0) is 0 Å². The summed E-state index contributed by atoms with van der Waals surface area (Å²) in [6.45, 7) is 9.62. The van der Waals surface area contributed by atoms with Crippen molar-refractivity contribution in [3.63, 3.8) is 0 Å². The van der Waals surface area contributed by atoms with Crippen molar-refractivity contribution < 1.29 is 4.42 Å². The molecule has 0 saturated heterocycles. The topological polar surface area (TPSA) is 53.1 Å². The molecular formula is C77H47N5O. The summed E-state index contributed by atoms with van der Waals surface area (Å²) < 4.78 is 12.1. The first-order valence-corrected chi connectivity index (χ1v) is 27.9. The third kappa shape index (κ3) is 7.94. The molecule has 0 N–H and O–H groups in total. The zero-order valence-electron chi connectivity index (χ0n) is 44.8. The van der Waals surface area contributed by atoms with E-state index in [0.717, 1.165) is 133 Å². The lowest BCUT2D eigenvalue weighted by Crippen LogP contribution is -2.01. The molecule has 0 spiro atoms. The maximum absolute atomic E-state index is 9.62. The van der Waals surface area contributed by atoms with E-state index in [1.165, 1.54) is 0 Å². The molecular weight excluding hydrogens is 1010 g/mol. The lowest BCUT2D eigenvalue weighted by atomic mass is 10.0. The van der Waals surface area contributed by atoms with Crippen molar-refractivity contribution in [3.8, 4) is 89.8 Å². The van der Waals surface area contributed by atoms with Gasteiger partial charge < -0.3 is 13.6 Å². The molecule has 0 atom stereocenters. The van der Waals surface area contributed by atoms with Gasteiger partial charge in [-0.3, -0.25) is 0 Å². The summed E-state index contributed by atoms with van der Waals surface area (Å²) in [5, 5.41) is 5.95. The molecule has 6 heteroatoms. The summed E-state index contributed by atoms with van der Waals surface area (Å²) in [5.41, 5.74) is 20.3. The molecule has 0 bridgehead atoms. The lowest BCUT2D eigenvalue weighted by Gasteiger charge is -2.18. The van der Waals surface area contributed by atoms with Crippen LogP contribution in [0.1, 0.15) is 0 Å². The molecule has 0 amide bonds. The molecule has 0 aliphatic rings. The fraction of sp³-hybridized carbons (Fsp3) is 0. The van der Waals surface area contributed by atoms with E-state index in [0.29, 0.717) is 28.4 Å². The zero-order chi connectivity index (χ0) is 55.0. The minimum Gasteiger partial charge on any atom is -0.455 e. The van der Waals surface area contributed by atoms with Crippen molar-refractivity contribution in [2.24, 2.45) is 0 Å². The Kier molecular flexibility index (Phi) is 11.2. The van der Waals surface area contributed by atoms with Crippen LogP contribution in [0.25, 0.3) is 160 Å². The fourth-order valence-corrected chi connectivity index (χ4v) is 12.5. The van der Waals surface area contributed by atoms with Crippen LogP contribution < -0.4 is 0 Å². The minimum absolute atomic E-state index is 0.482. The average Bonchev–Trinajstić information content (AvgIpc) is 2.35. The number of furan rings is 1. The molecule has 386 valence electrons. The maximum Gasteiger partial charge on any atom is 0.234 e. The van der Waals surface area contributed by atoms with Gasteiger partial charge in [-0.15, -0.1) is 0 Å². The number of fused-ring (bicyclic) bond motifs is 9. The summed E-state index contributed by atoms with van der Waals surface area (Å²) in [6, 6.07) is 100. The third-order valence-corrected chi connectivity index (χ3v) is 16.4. The van der Waals surface area contributed by atoms with Crippen molar-refractivity contribution in [2.45, 2.75) is 0 Å². The second kappa shape index (κ2) is 19.5. The maximum atomic E-state index is 9.62. The zero-order valence-corrected chi connectivity index (χ0v) is 44.8. The van der Waals surface area contributed by atoms with Gasteiger partial charge in [-0.1, -0.05) is 218 Å². The Hall–Kier alpha value is -11.4. The van der Waals surface area contributed by atoms with Gasteiger partial charge in [0, 0.05) is 43.4 Å². The Balaban J connectivity index is 1.04. The van der Waals surface area contributed by atoms with E-state index in [9.17, 15) is 6.57 Å². The van der Waals surface area contributed by atoms with E-state index in [1.807, 2.05) is 36.4 Å². The molecule has 12 aromatic carbocycles. The number of benzene rings is 12. The van der Waals surface area contributed by atoms with Crippen LogP contribution in [0.15, 0.2) is 290 Å². The largest absolute Gasteiger partial charge is 0.455 e. The highest BCUT2D eigenvalue weighted by molar-refractivity contribution is 6.21. The standard InChI is InChI=1S/C77H47N5O/c1-78-74-71(81-67-39-35-55(49-21-8-2-9-22-49)43-61(67)62-44-56(36-40-68(62)81)50-23-10-3-11-24-50)48-72-73(59-33-20-34-60(76(59)83-72)77-79-65(53-29-16-6-17-30-53)47-66(80-77)54-31-18-7-19-32-54)75(74)82-69-41-37-57(51-25-12-4-13-26-51)45-63(69)64-46-58(38-42-70(64)82)52-27-14-5-15-28-52/h2-48H. The summed E-state index contributed by atoms with van der Waals surface area (Å²) >= 11 is 0. The summed E-state index contributed by atoms with van der Waals surface area (Å²) in [5.74, 6) is 0.534. The first-order chi connectivity index (χ1) is 41.1. The predicted molar refractivity (Wildman–Crippen MR) is 342 cm³/mol. The van der Waals surface area contributed by atoms with Crippen LogP contribution in [0.5, 0.6) is 0 Å². The van der Waals surface area contributed by atoms with Gasteiger partial charge in [-0.05, 0) is 111 Å². The molecule has 6 nitrogen and oxygen atoms in total. The van der Waals surface area contributed by atoms with Crippen molar-refractivity contribution in [3.05, 3.63) is 297 Å². The van der Waals surface area contributed by atoms with Gasteiger partial charge >= 0.3 is 0 Å². The molecule has 0 radical (unpaired) electrons. The fourth-order valence-electron chi connectivity index (χ4n) is 12.5. The van der Waals surface area contributed by atoms with E-state index < -0.39 is 0 Å². The minimum atomic E-state index is 0.482. The van der Waals surface area contributed by atoms with E-state index in [4.69, 9.17) is 19.2 Å². The molecule has 16 rings (SSSR count). The van der Waals surface area contributed by atoms with Gasteiger partial charge in [0.1, 0.15) is 11.2 Å². The molecule has 16 aromatic rings. The highest BCUT2D eigenvalue weighted by Crippen LogP contribution is 2.50. The summed E-state index contributed by atoms with van der Waals surface area (Å²) in [6.07, 6.45) is 0. The normalized spacial score (nSPS) is 11.6. The van der Waals surface area contributed by atoms with E-state index >= 15 is 0 Å². The van der Waals surface area contributed by atoms with Crippen LogP contribution in [0.2, 0.25) is 0 Å². The van der Waals surface area contributed by atoms with Gasteiger partial charge in [0.2, 0.25) is 5.69 Å². The summed E-state index contributed by atoms with van der Waals surface area (Å²) in [4.78, 5) is 15.4. The molecule has 0 unspecified atom stereocenters. The Bertz CT molecular complexity index is 4980. The van der Waals surface area contributed by atoms with Gasteiger partial charge in [0.25, 0.3) is 0 Å². The van der Waals surface area contributed by atoms with Crippen LogP contribution in [0.3, 0.4) is 0 Å². The summed E-state index contributed by atoms with van der Waals surface area (Å²) in [7, 11) is 0. The molecule has 0 fully saturated rings. The SMILES string of the molecule is [C-]#[N+]c1c(-n2c3ccc(-c4ccccc4)cc3c3cc(-c4ccccc4)ccc32)cc2oc3c(-c4nc(-c5ccccc5)cc(-c5ccccc5)n4)cccc3c2c1-n1c2ccc(-c3ccccc3)cc2c2cc(-c3ccccc3)ccc21. The first-order valence-electron chi connectivity index (χ1n) is 27.9. The second-order valence-corrected chi connectivity index (χ2v) is 21.1. The first kappa shape index (κ1) is 47.6. The van der Waals surface area contributed by atoms with Gasteiger partial charge in [-0.2, -0.15) is 0 Å². The predicted octanol–water partition coefficient (Wildman–Crippen LogP) is 20.8. The Morgan fingerprint density at radius 1 is 0.325 bits per heavy atom. The van der Waals surface area contributed by atoms with Crippen LogP contribution >= 0.6 is 0 Å². The second-order valence-electron chi connectivity index (χ2n) is 21.1. The number of para-hydroxylation sites is 1. The van der Waals surface area contributed by atoms with Crippen molar-refractivity contribution in [2.75, 3.05) is 0 Å². The molecule has 0 aliphatic carbocycles. The molecule has 4 aromatic heterocycles. The smallest absolute Gasteiger partial charge is 0.234 e. The van der Waals surface area contributed by atoms with E-state index in [-0.39, 0.29) is 0 Å². The average molecular weight is 1060 g/mol. The quantitative estimate of drug-likeness (QED) is 0.135. The Morgan fingerprint density at radius 2 is 0.699 bits per heavy atom. The Morgan fingerprint density at radius 3 is 1.08 bits per heavy atom. The molecule has 83 heavy (non-hydrogen) atoms.